The highest BCUT2D eigenvalue weighted by Crippen LogP contribution is 2.28. The van der Waals surface area contributed by atoms with Crippen LogP contribution in [0.2, 0.25) is 5.02 Å². The van der Waals surface area contributed by atoms with Crippen molar-refractivity contribution in [3.63, 3.8) is 0 Å². The molecule has 2 rings (SSSR count). The Morgan fingerprint density at radius 2 is 2.29 bits per heavy atom. The summed E-state index contributed by atoms with van der Waals surface area (Å²) >= 11 is 6.07. The van der Waals surface area contributed by atoms with Crippen molar-refractivity contribution in [2.24, 2.45) is 0 Å². The minimum absolute atomic E-state index is 0.510. The third kappa shape index (κ3) is 3.60. The molecule has 0 amide bonds. The molecular formula is C13H18ClNO2. The van der Waals surface area contributed by atoms with Crippen molar-refractivity contribution in [2.45, 2.75) is 31.9 Å². The van der Waals surface area contributed by atoms with Crippen molar-refractivity contribution in [1.82, 2.24) is 5.32 Å². The van der Waals surface area contributed by atoms with Crippen LogP contribution in [0.3, 0.4) is 0 Å². The number of aliphatic hydroxyl groups is 1. The van der Waals surface area contributed by atoms with E-state index in [4.69, 9.17) is 16.3 Å². The number of benzene rings is 1. The van der Waals surface area contributed by atoms with Crippen LogP contribution >= 0.6 is 11.6 Å². The summed E-state index contributed by atoms with van der Waals surface area (Å²) in [5, 5.41) is 13.8. The Balaban J connectivity index is 1.96. The van der Waals surface area contributed by atoms with Gasteiger partial charge >= 0.3 is 0 Å². The minimum Gasteiger partial charge on any atom is -0.492 e. The number of hydrogen-bond acceptors (Lipinski definition) is 3. The monoisotopic (exact) mass is 255 g/mol. The van der Waals surface area contributed by atoms with Crippen LogP contribution in [0.1, 0.15) is 31.4 Å². The van der Waals surface area contributed by atoms with E-state index in [1.807, 2.05) is 19.1 Å². The lowest BCUT2D eigenvalue weighted by molar-refractivity contribution is 0.174. The van der Waals surface area contributed by atoms with Gasteiger partial charge in [-0.3, -0.25) is 0 Å². The molecule has 2 N–H and O–H groups in total. The van der Waals surface area contributed by atoms with E-state index in [1.54, 1.807) is 6.07 Å². The van der Waals surface area contributed by atoms with Crippen LogP contribution in [-0.4, -0.2) is 24.3 Å². The van der Waals surface area contributed by atoms with Crippen molar-refractivity contribution < 1.29 is 9.84 Å². The van der Waals surface area contributed by atoms with E-state index < -0.39 is 6.10 Å². The summed E-state index contributed by atoms with van der Waals surface area (Å²) in [7, 11) is 0. The summed E-state index contributed by atoms with van der Waals surface area (Å²) < 4.78 is 5.35. The summed E-state index contributed by atoms with van der Waals surface area (Å²) in [5.74, 6) is 0.667. The van der Waals surface area contributed by atoms with Crippen LogP contribution in [0.4, 0.5) is 0 Å². The highest BCUT2D eigenvalue weighted by atomic mass is 35.5. The molecule has 1 saturated carbocycles. The maximum atomic E-state index is 9.98. The molecule has 4 heteroatoms. The van der Waals surface area contributed by atoms with E-state index >= 15 is 0 Å². The number of aliphatic hydroxyl groups excluding tert-OH is 1. The lowest BCUT2D eigenvalue weighted by atomic mass is 10.1. The van der Waals surface area contributed by atoms with Gasteiger partial charge in [-0.15, -0.1) is 0 Å². The van der Waals surface area contributed by atoms with Gasteiger partial charge in [-0.25, -0.2) is 0 Å². The summed E-state index contributed by atoms with van der Waals surface area (Å²) in [6.45, 7) is 3.08. The van der Waals surface area contributed by atoms with Gasteiger partial charge in [0.15, 0.2) is 0 Å². The zero-order valence-corrected chi connectivity index (χ0v) is 10.7. The van der Waals surface area contributed by atoms with Crippen LogP contribution in [0.25, 0.3) is 0 Å². The Morgan fingerprint density at radius 1 is 1.53 bits per heavy atom. The topological polar surface area (TPSA) is 41.5 Å². The number of hydrogen-bond donors (Lipinski definition) is 2. The predicted molar refractivity (Wildman–Crippen MR) is 68.6 cm³/mol. The van der Waals surface area contributed by atoms with Gasteiger partial charge in [-0.1, -0.05) is 17.7 Å². The zero-order valence-electron chi connectivity index (χ0n) is 9.95. The van der Waals surface area contributed by atoms with Crippen molar-refractivity contribution in [2.75, 3.05) is 13.2 Å². The van der Waals surface area contributed by atoms with Gasteiger partial charge in [0, 0.05) is 12.6 Å². The predicted octanol–water partition coefficient (Wildman–Crippen LogP) is 2.52. The molecular weight excluding hydrogens is 238 g/mol. The molecule has 0 aromatic heterocycles. The summed E-state index contributed by atoms with van der Waals surface area (Å²) in [5.41, 5.74) is 0.826. The van der Waals surface area contributed by atoms with Crippen LogP contribution in [0, 0.1) is 0 Å². The fraction of sp³-hybridized carbons (Fsp3) is 0.538. The number of halogens is 1. The molecule has 0 spiro atoms. The van der Waals surface area contributed by atoms with E-state index in [-0.39, 0.29) is 0 Å². The summed E-state index contributed by atoms with van der Waals surface area (Å²) in [6, 6.07) is 6.03. The molecule has 17 heavy (non-hydrogen) atoms. The molecule has 0 heterocycles. The van der Waals surface area contributed by atoms with Crippen molar-refractivity contribution in [1.29, 1.82) is 0 Å². The molecule has 0 radical (unpaired) electrons. The third-order valence-electron chi connectivity index (χ3n) is 2.82. The van der Waals surface area contributed by atoms with E-state index in [2.05, 4.69) is 5.32 Å². The summed E-state index contributed by atoms with van der Waals surface area (Å²) in [6.07, 6.45) is 1.93. The van der Waals surface area contributed by atoms with Crippen molar-refractivity contribution >= 4 is 11.6 Å². The van der Waals surface area contributed by atoms with E-state index in [0.717, 1.165) is 5.56 Å². The highest BCUT2D eigenvalue weighted by Gasteiger charge is 2.21. The molecule has 3 nitrogen and oxygen atoms in total. The van der Waals surface area contributed by atoms with Gasteiger partial charge in [0.05, 0.1) is 17.7 Å². The van der Waals surface area contributed by atoms with Crippen LogP contribution < -0.4 is 10.1 Å². The van der Waals surface area contributed by atoms with Gasteiger partial charge in [0.1, 0.15) is 5.75 Å². The zero-order chi connectivity index (χ0) is 12.3. The van der Waals surface area contributed by atoms with Crippen LogP contribution in [0.5, 0.6) is 5.75 Å². The number of ether oxygens (including phenoxy) is 1. The first-order valence-corrected chi connectivity index (χ1v) is 6.42. The molecule has 0 bridgehead atoms. The Kier molecular flexibility index (Phi) is 4.26. The average molecular weight is 256 g/mol. The molecule has 0 saturated heterocycles. The quantitative estimate of drug-likeness (QED) is 0.821. The fourth-order valence-electron chi connectivity index (χ4n) is 1.68. The molecule has 1 aromatic carbocycles. The van der Waals surface area contributed by atoms with Gasteiger partial charge in [-0.05, 0) is 37.5 Å². The molecule has 1 aliphatic rings. The number of rotatable bonds is 6. The smallest absolute Gasteiger partial charge is 0.137 e. The first-order valence-electron chi connectivity index (χ1n) is 6.04. The third-order valence-corrected chi connectivity index (χ3v) is 3.11. The van der Waals surface area contributed by atoms with Gasteiger partial charge in [0.2, 0.25) is 0 Å². The van der Waals surface area contributed by atoms with Gasteiger partial charge in [-0.2, -0.15) is 0 Å². The molecule has 1 unspecified atom stereocenters. The summed E-state index contributed by atoms with van der Waals surface area (Å²) in [4.78, 5) is 0. The largest absolute Gasteiger partial charge is 0.492 e. The Hall–Kier alpha value is -0.770. The SMILES string of the molecule is CCOc1ccc(C(O)CNC2CC2)cc1Cl. The highest BCUT2D eigenvalue weighted by molar-refractivity contribution is 6.32. The first kappa shape index (κ1) is 12.7. The maximum Gasteiger partial charge on any atom is 0.137 e. The molecule has 1 aliphatic carbocycles. The lowest BCUT2D eigenvalue weighted by Gasteiger charge is -2.13. The van der Waals surface area contributed by atoms with Crippen molar-refractivity contribution in [3.8, 4) is 5.75 Å². The maximum absolute atomic E-state index is 9.98. The second-order valence-corrected chi connectivity index (χ2v) is 4.73. The lowest BCUT2D eigenvalue weighted by Crippen LogP contribution is -2.23. The molecule has 1 fully saturated rings. The molecule has 0 aliphatic heterocycles. The van der Waals surface area contributed by atoms with Crippen LogP contribution in [-0.2, 0) is 0 Å². The standard InChI is InChI=1S/C13H18ClNO2/c1-2-17-13-6-3-9(7-11(13)14)12(16)8-15-10-4-5-10/h3,6-7,10,12,15-16H,2,4-5,8H2,1H3. The fourth-order valence-corrected chi connectivity index (χ4v) is 1.92. The molecule has 94 valence electrons. The van der Waals surface area contributed by atoms with E-state index in [1.165, 1.54) is 12.8 Å². The van der Waals surface area contributed by atoms with Gasteiger partial charge in [0.25, 0.3) is 0 Å². The Bertz CT molecular complexity index is 380. The number of nitrogens with one attached hydrogen (secondary N) is 1. The minimum atomic E-state index is -0.510. The molecule has 1 atom stereocenters. The van der Waals surface area contributed by atoms with Crippen molar-refractivity contribution in [3.05, 3.63) is 28.8 Å². The van der Waals surface area contributed by atoms with E-state index in [9.17, 15) is 5.11 Å². The Morgan fingerprint density at radius 3 is 2.88 bits per heavy atom. The normalized spacial score (nSPS) is 16.9. The first-order chi connectivity index (χ1) is 8.20. The Labute approximate surface area is 107 Å². The van der Waals surface area contributed by atoms with E-state index in [0.29, 0.717) is 30.0 Å². The second kappa shape index (κ2) is 5.71. The van der Waals surface area contributed by atoms with Gasteiger partial charge < -0.3 is 15.2 Å². The van der Waals surface area contributed by atoms with Crippen LogP contribution in [0.15, 0.2) is 18.2 Å². The average Bonchev–Trinajstić information content (AvgIpc) is 3.13. The second-order valence-electron chi connectivity index (χ2n) is 4.32. The molecule has 1 aromatic rings.